The third-order valence-electron chi connectivity index (χ3n) is 11.7. The normalized spacial score (nSPS) is 11.8. The van der Waals surface area contributed by atoms with Crippen molar-refractivity contribution in [1.29, 1.82) is 0 Å². The summed E-state index contributed by atoms with van der Waals surface area (Å²) in [6, 6.07) is 63.3. The van der Waals surface area contributed by atoms with Crippen LogP contribution in [0.15, 0.2) is 201 Å². The first-order valence-electron chi connectivity index (χ1n) is 19.6. The third-order valence-corrected chi connectivity index (χ3v) is 11.7. The van der Waals surface area contributed by atoms with E-state index in [2.05, 4.69) is 183 Å². The van der Waals surface area contributed by atoms with Crippen LogP contribution in [0.5, 0.6) is 0 Å². The lowest BCUT2D eigenvalue weighted by Crippen LogP contribution is -1.98. The first-order chi connectivity index (χ1) is 28.7. The van der Waals surface area contributed by atoms with Crippen LogP contribution < -0.4 is 0 Å². The molecule has 0 saturated carbocycles. The fourth-order valence-corrected chi connectivity index (χ4v) is 8.92. The second kappa shape index (κ2) is 12.8. The van der Waals surface area contributed by atoms with E-state index in [-0.39, 0.29) is 0 Å². The van der Waals surface area contributed by atoms with Crippen molar-refractivity contribution in [2.45, 2.75) is 0 Å². The lowest BCUT2D eigenvalue weighted by molar-refractivity contribution is 1.16. The van der Waals surface area contributed by atoms with E-state index in [1.807, 2.05) is 24.5 Å². The van der Waals surface area contributed by atoms with E-state index in [9.17, 15) is 0 Å². The smallest absolute Gasteiger partial charge is 0.0730 e. The molecule has 6 aromatic heterocycles. The molecule has 6 heterocycles. The van der Waals surface area contributed by atoms with Gasteiger partial charge in [0.15, 0.2) is 0 Å². The lowest BCUT2D eigenvalue weighted by atomic mass is 10.0. The standard InChI is InChI=1S/C53H33N5/c1-2-13-44-42(11-1)43-12-3-6-16-50(43)58-51-31-46-45-14-4-5-15-49(45)57(53(46)28-40(51)27-52(44)58)41-29-47(36-21-17-34(18-22-36)38-9-7-25-54-32-38)56-48(30-41)37-23-19-35(20-24-37)39-10-8-26-55-33-39/h1-33H. The van der Waals surface area contributed by atoms with Crippen LogP contribution in [0.2, 0.25) is 0 Å². The van der Waals surface area contributed by atoms with Crippen LogP contribution in [0.1, 0.15) is 0 Å². The Kier molecular flexibility index (Phi) is 7.16. The summed E-state index contributed by atoms with van der Waals surface area (Å²) in [6.07, 6.45) is 7.42. The van der Waals surface area contributed by atoms with Crippen LogP contribution >= 0.6 is 0 Å². The van der Waals surface area contributed by atoms with Crippen molar-refractivity contribution in [3.63, 3.8) is 0 Å². The molecule has 0 aliphatic carbocycles. The van der Waals surface area contributed by atoms with Gasteiger partial charge in [0.05, 0.1) is 44.7 Å². The van der Waals surface area contributed by atoms with Crippen molar-refractivity contribution >= 4 is 59.9 Å². The van der Waals surface area contributed by atoms with E-state index in [0.717, 1.165) is 61.5 Å². The fraction of sp³-hybridized carbons (Fsp3) is 0. The quantitative estimate of drug-likeness (QED) is 0.165. The Bertz CT molecular complexity index is 3430. The predicted molar refractivity (Wildman–Crippen MR) is 239 cm³/mol. The van der Waals surface area contributed by atoms with Crippen molar-refractivity contribution in [3.8, 4) is 50.5 Å². The van der Waals surface area contributed by atoms with Crippen molar-refractivity contribution < 1.29 is 0 Å². The summed E-state index contributed by atoms with van der Waals surface area (Å²) >= 11 is 0. The zero-order valence-electron chi connectivity index (χ0n) is 31.3. The topological polar surface area (TPSA) is 48.0 Å². The Labute approximate surface area is 333 Å². The summed E-state index contributed by atoms with van der Waals surface area (Å²) in [7, 11) is 0. The van der Waals surface area contributed by atoms with Crippen molar-refractivity contribution in [2.75, 3.05) is 0 Å². The Morgan fingerprint density at radius 3 is 1.41 bits per heavy atom. The van der Waals surface area contributed by atoms with E-state index >= 15 is 0 Å². The minimum absolute atomic E-state index is 0.904. The van der Waals surface area contributed by atoms with Crippen molar-refractivity contribution in [1.82, 2.24) is 23.9 Å². The highest BCUT2D eigenvalue weighted by Gasteiger charge is 2.19. The molecule has 0 bridgehead atoms. The first kappa shape index (κ1) is 32.4. The van der Waals surface area contributed by atoms with Gasteiger partial charge in [-0.15, -0.1) is 0 Å². The summed E-state index contributed by atoms with van der Waals surface area (Å²) in [5, 5.41) is 7.39. The van der Waals surface area contributed by atoms with Gasteiger partial charge in [-0.05, 0) is 82.2 Å². The molecule has 6 aromatic carbocycles. The Hall–Kier alpha value is -7.89. The van der Waals surface area contributed by atoms with Crippen LogP contribution in [-0.4, -0.2) is 23.9 Å². The molecular weight excluding hydrogens is 707 g/mol. The van der Waals surface area contributed by atoms with Crippen LogP contribution in [0.25, 0.3) is 110 Å². The average Bonchev–Trinajstić information content (AvgIpc) is 3.84. The highest BCUT2D eigenvalue weighted by molar-refractivity contribution is 6.19. The Balaban J connectivity index is 1.10. The van der Waals surface area contributed by atoms with Gasteiger partial charge in [-0.1, -0.05) is 121 Å². The molecular formula is C53H33N5. The van der Waals surface area contributed by atoms with Crippen molar-refractivity contribution in [2.24, 2.45) is 0 Å². The molecule has 12 aromatic rings. The zero-order valence-corrected chi connectivity index (χ0v) is 31.3. The SMILES string of the molecule is c1cncc(-c2ccc(-c3cc(-n4c5ccccc5c5cc6c(cc54)cc4c5ccccc5c5ccccc5n64)cc(-c4ccc(-c5cccnc5)cc4)n3)cc2)c1. The zero-order chi connectivity index (χ0) is 38.2. The molecule has 0 spiro atoms. The van der Waals surface area contributed by atoms with E-state index in [1.165, 1.54) is 48.9 Å². The third kappa shape index (κ3) is 5.07. The highest BCUT2D eigenvalue weighted by Crippen LogP contribution is 2.40. The number of aromatic nitrogens is 5. The minimum Gasteiger partial charge on any atom is -0.309 e. The van der Waals surface area contributed by atoms with Gasteiger partial charge >= 0.3 is 0 Å². The Morgan fingerprint density at radius 1 is 0.328 bits per heavy atom. The molecule has 12 rings (SSSR count). The number of nitrogens with zero attached hydrogens (tertiary/aromatic N) is 5. The molecule has 58 heavy (non-hydrogen) atoms. The summed E-state index contributed by atoms with van der Waals surface area (Å²) in [4.78, 5) is 14.0. The molecule has 0 aliphatic heterocycles. The number of rotatable bonds is 5. The van der Waals surface area contributed by atoms with Gasteiger partial charge in [-0.3, -0.25) is 9.97 Å². The molecule has 270 valence electrons. The summed E-state index contributed by atoms with van der Waals surface area (Å²) in [5.41, 5.74) is 15.3. The maximum atomic E-state index is 5.34. The summed E-state index contributed by atoms with van der Waals surface area (Å²) in [5.74, 6) is 0. The summed E-state index contributed by atoms with van der Waals surface area (Å²) < 4.78 is 4.87. The van der Waals surface area contributed by atoms with Gasteiger partial charge in [0, 0.05) is 62.8 Å². The number of fused-ring (bicyclic) bond motifs is 11. The minimum atomic E-state index is 0.904. The summed E-state index contributed by atoms with van der Waals surface area (Å²) in [6.45, 7) is 0. The molecule has 0 unspecified atom stereocenters. The van der Waals surface area contributed by atoms with E-state index in [1.54, 1.807) is 12.4 Å². The maximum Gasteiger partial charge on any atom is 0.0730 e. The molecule has 0 atom stereocenters. The first-order valence-corrected chi connectivity index (χ1v) is 19.6. The fourth-order valence-electron chi connectivity index (χ4n) is 8.92. The van der Waals surface area contributed by atoms with Gasteiger partial charge < -0.3 is 8.97 Å². The van der Waals surface area contributed by atoms with Gasteiger partial charge in [-0.25, -0.2) is 4.98 Å². The highest BCUT2D eigenvalue weighted by atomic mass is 15.0. The number of pyridine rings is 4. The van der Waals surface area contributed by atoms with Gasteiger partial charge in [0.1, 0.15) is 0 Å². The number of benzene rings is 6. The number of hydrogen-bond acceptors (Lipinski definition) is 3. The number of para-hydroxylation sites is 2. The monoisotopic (exact) mass is 739 g/mol. The molecule has 5 heteroatoms. The van der Waals surface area contributed by atoms with E-state index in [0.29, 0.717) is 0 Å². The van der Waals surface area contributed by atoms with Gasteiger partial charge in [0.25, 0.3) is 0 Å². The molecule has 0 aliphatic rings. The maximum absolute atomic E-state index is 5.34. The molecule has 0 N–H and O–H groups in total. The van der Waals surface area contributed by atoms with Crippen LogP contribution in [0, 0.1) is 0 Å². The predicted octanol–water partition coefficient (Wildman–Crippen LogP) is 13.3. The molecule has 0 radical (unpaired) electrons. The second-order valence-corrected chi connectivity index (χ2v) is 14.9. The molecule has 5 nitrogen and oxygen atoms in total. The number of hydrogen-bond donors (Lipinski definition) is 0. The van der Waals surface area contributed by atoms with Crippen LogP contribution in [0.4, 0.5) is 0 Å². The van der Waals surface area contributed by atoms with Crippen LogP contribution in [0.3, 0.4) is 0 Å². The second-order valence-electron chi connectivity index (χ2n) is 14.9. The van der Waals surface area contributed by atoms with Crippen LogP contribution in [-0.2, 0) is 0 Å². The Morgan fingerprint density at radius 2 is 0.828 bits per heavy atom. The van der Waals surface area contributed by atoms with Crippen molar-refractivity contribution in [3.05, 3.63) is 201 Å². The molecule has 0 saturated heterocycles. The van der Waals surface area contributed by atoms with E-state index < -0.39 is 0 Å². The molecule has 0 amide bonds. The van der Waals surface area contributed by atoms with Gasteiger partial charge in [0.2, 0.25) is 0 Å². The average molecular weight is 740 g/mol. The molecule has 0 fully saturated rings. The largest absolute Gasteiger partial charge is 0.309 e. The van der Waals surface area contributed by atoms with Gasteiger partial charge in [-0.2, -0.15) is 0 Å². The van der Waals surface area contributed by atoms with E-state index in [4.69, 9.17) is 4.98 Å². The lowest BCUT2D eigenvalue weighted by Gasteiger charge is -2.14.